The van der Waals surface area contributed by atoms with E-state index in [4.69, 9.17) is 0 Å². The van der Waals surface area contributed by atoms with Crippen molar-refractivity contribution in [1.82, 2.24) is 38.6 Å². The summed E-state index contributed by atoms with van der Waals surface area (Å²) in [6.07, 6.45) is 13.0. The van der Waals surface area contributed by atoms with Crippen LogP contribution in [0.5, 0.6) is 0 Å². The van der Waals surface area contributed by atoms with Crippen molar-refractivity contribution in [2.45, 2.75) is 141 Å². The van der Waals surface area contributed by atoms with Crippen LogP contribution in [0, 0.1) is 11.8 Å². The minimum atomic E-state index is -0.470. The van der Waals surface area contributed by atoms with Crippen molar-refractivity contribution in [2.75, 3.05) is 71.9 Å². The normalized spacial score (nSPS) is 14.8. The first-order valence-corrected chi connectivity index (χ1v) is 46.4. The molecule has 1 saturated heterocycles. The predicted molar refractivity (Wildman–Crippen MR) is 546 cm³/mol. The standard InChI is InChI=1S/C11H12N2O2.2C10H11NO.C10H9NO.C10H8O2.C10H10O.C10H8O.C10H10.C9H10N2O.C9H8N2O.C6H11NO.4C2H6/c1-8(14)13-7-12(2)11(15)9-5-3-4-6-10(9)13;1-11-7-9-5-3-2-4-8(9)6-10(11)12;2*1-11-7-6-8-4-2-3-5-9(8)10(11)12;1-6-9(11)7-4-2-3-5-8(7)10(6)12;2*1-7-6-8-4-2-3-5-9(8)10(7)11;1-8-6-9-4-2-3-5-10(9)7-8;2*1-11-6-10-8-5-3-2-4-7(8)9(11)12;1-7-5-3-2-4-6(7)8;4*1-2/h3-6H,7H2,1-2H3;2*2-5H,6-7H2,1H3;2-7H,1H3;2-6H,1H3;2-5,7H,6H2,1H3;2-5H,1,6H2;2-6H,7H2,1H3;2-5,10H,6H2,1H3;2-6H,1H3;2-5H2,1H3;4*1-2H3. The van der Waals surface area contributed by atoms with Crippen LogP contribution in [-0.4, -0.2) is 159 Å². The molecule has 10 aromatic carbocycles. The summed E-state index contributed by atoms with van der Waals surface area (Å²) in [5.41, 5.74) is 18.6. The lowest BCUT2D eigenvalue weighted by Crippen LogP contribution is -2.46. The number of piperidine rings is 1. The van der Waals surface area contributed by atoms with E-state index in [0.29, 0.717) is 64.8 Å². The van der Waals surface area contributed by atoms with E-state index in [1.165, 1.54) is 68.1 Å². The molecule has 1 fully saturated rings. The SMILES string of the molecule is C=C1Cc2ccccc2C1=O.CC.CC.CC.CC.CC(=O)N1CN(C)C(=O)c2ccccc21.CC1=Cc2ccccc2C1.CC1C(=O)c2ccccc2C1=O.CC1Cc2ccccc2C1=O.CN1CCCCC1=O.CN1CCc2ccccc2C1=O.CN1CNc2ccccc2C1=O.CN1Cc2ccccc2CC1=O.Cn1ccc2ccccc2c1=O.Cn1cnc2ccccc2c1=O. The summed E-state index contributed by atoms with van der Waals surface area (Å²) >= 11 is 0. The molecule has 2 aromatic heterocycles. The Morgan fingerprint density at radius 2 is 0.904 bits per heavy atom. The van der Waals surface area contributed by atoms with Crippen molar-refractivity contribution in [3.63, 3.8) is 0 Å². The van der Waals surface area contributed by atoms with Crippen LogP contribution in [0.25, 0.3) is 27.8 Å². The van der Waals surface area contributed by atoms with Gasteiger partial charge in [-0.3, -0.25) is 62.4 Å². The highest BCUT2D eigenvalue weighted by molar-refractivity contribution is 6.26. The van der Waals surface area contributed by atoms with Crippen molar-refractivity contribution in [2.24, 2.45) is 25.9 Å². The fraction of sp³-hybridized carbons (Fsp3) is 0.301. The maximum atomic E-state index is 11.8. The van der Waals surface area contributed by atoms with Gasteiger partial charge in [-0.2, -0.15) is 0 Å². The van der Waals surface area contributed by atoms with Crippen LogP contribution in [0.3, 0.4) is 0 Å². The lowest BCUT2D eigenvalue weighted by molar-refractivity contribution is -0.132. The van der Waals surface area contributed by atoms with E-state index < -0.39 is 5.92 Å². The molecule has 0 radical (unpaired) electrons. The first-order chi connectivity index (χ1) is 65.0. The van der Waals surface area contributed by atoms with Crippen molar-refractivity contribution < 1.29 is 47.9 Å². The summed E-state index contributed by atoms with van der Waals surface area (Å²) in [5, 5.41) is 5.60. The number of carbonyl (C=O) groups excluding carboxylic acids is 10. The summed E-state index contributed by atoms with van der Waals surface area (Å²) < 4.78 is 3.06. The number of nitrogens with one attached hydrogen (secondary N) is 1. The maximum absolute atomic E-state index is 11.8. The Bertz CT molecular complexity index is 6110. The van der Waals surface area contributed by atoms with Gasteiger partial charge in [0.25, 0.3) is 28.8 Å². The lowest BCUT2D eigenvalue weighted by atomic mass is 10.00. The molecule has 706 valence electrons. The summed E-state index contributed by atoms with van der Waals surface area (Å²) in [4.78, 5) is 151. The number of para-hydroxylation sites is 3. The number of anilines is 2. The zero-order chi connectivity index (χ0) is 99.1. The molecular formula is C113H132N10O12. The highest BCUT2D eigenvalue weighted by Crippen LogP contribution is 2.31. The van der Waals surface area contributed by atoms with Gasteiger partial charge in [0.05, 0.1) is 53.1 Å². The third-order valence-electron chi connectivity index (χ3n) is 22.9. The number of rotatable bonds is 0. The number of carbonyl (C=O) groups is 10. The average molecular weight is 1820 g/mol. The topological polar surface area (TPSA) is 259 Å². The zero-order valence-corrected chi connectivity index (χ0v) is 81.9. The third kappa shape index (κ3) is 28.9. The van der Waals surface area contributed by atoms with Gasteiger partial charge in [-0.25, -0.2) is 4.98 Å². The highest BCUT2D eigenvalue weighted by atomic mass is 16.2. The van der Waals surface area contributed by atoms with E-state index in [1.807, 2.05) is 253 Å². The molecule has 1 unspecified atom stereocenters. The molecule has 6 amide bonds. The van der Waals surface area contributed by atoms with Crippen LogP contribution in [0.15, 0.2) is 289 Å². The molecule has 0 saturated carbocycles. The molecule has 0 bridgehead atoms. The number of benzene rings is 10. The number of allylic oxidation sites excluding steroid dienone is 2. The third-order valence-corrected chi connectivity index (χ3v) is 22.9. The zero-order valence-electron chi connectivity index (χ0n) is 81.9. The lowest BCUT2D eigenvalue weighted by Gasteiger charge is -2.33. The largest absolute Gasteiger partial charge is 0.367 e. The quantitative estimate of drug-likeness (QED) is 0.109. The van der Waals surface area contributed by atoms with Gasteiger partial charge in [0.1, 0.15) is 6.67 Å². The van der Waals surface area contributed by atoms with Crippen molar-refractivity contribution >= 4 is 97.7 Å². The average Bonchev–Trinajstić information content (AvgIpc) is 1.31. The van der Waals surface area contributed by atoms with Crippen molar-refractivity contribution in [1.29, 1.82) is 0 Å². The second-order valence-corrected chi connectivity index (χ2v) is 32.3. The van der Waals surface area contributed by atoms with E-state index >= 15 is 0 Å². The van der Waals surface area contributed by atoms with Gasteiger partial charge in [0, 0.05) is 140 Å². The Morgan fingerprint density at radius 1 is 0.407 bits per heavy atom. The minimum absolute atomic E-state index is 0.000556. The number of aromatic nitrogens is 3. The molecule has 1 atom stereocenters. The molecule has 12 aromatic rings. The van der Waals surface area contributed by atoms with Crippen molar-refractivity contribution in [3.8, 4) is 0 Å². The smallest absolute Gasteiger partial charge is 0.260 e. The van der Waals surface area contributed by atoms with Crippen LogP contribution in [-0.2, 0) is 67.1 Å². The van der Waals surface area contributed by atoms with E-state index in [2.05, 4.69) is 60.2 Å². The number of pyridine rings is 1. The number of hydrogen-bond acceptors (Lipinski definition) is 14. The Hall–Kier alpha value is -14.7. The van der Waals surface area contributed by atoms with Gasteiger partial charge in [0.15, 0.2) is 23.1 Å². The summed E-state index contributed by atoms with van der Waals surface area (Å²) in [7, 11) is 12.5. The fourth-order valence-corrected chi connectivity index (χ4v) is 15.5. The molecular weight excluding hydrogens is 1690 g/mol. The fourth-order valence-electron chi connectivity index (χ4n) is 15.5. The molecule has 4 aliphatic carbocycles. The van der Waals surface area contributed by atoms with Crippen LogP contribution >= 0.6 is 0 Å². The van der Waals surface area contributed by atoms with E-state index in [-0.39, 0.29) is 63.9 Å². The molecule has 7 heterocycles. The van der Waals surface area contributed by atoms with Gasteiger partial charge in [0.2, 0.25) is 17.7 Å². The number of likely N-dealkylation sites (tertiary alicyclic amines) is 1. The Labute approximate surface area is 796 Å². The van der Waals surface area contributed by atoms with E-state index in [1.54, 1.807) is 119 Å². The van der Waals surface area contributed by atoms with E-state index in [0.717, 1.165) is 108 Å². The molecule has 5 aliphatic heterocycles. The Kier molecular flexibility index (Phi) is 42.7. The minimum Gasteiger partial charge on any atom is -0.367 e. The first-order valence-electron chi connectivity index (χ1n) is 46.4. The van der Waals surface area contributed by atoms with Crippen molar-refractivity contribution in [3.05, 3.63) is 378 Å². The number of aryl methyl sites for hydroxylation is 2. The molecule has 135 heavy (non-hydrogen) atoms. The van der Waals surface area contributed by atoms with Crippen LogP contribution < -0.4 is 21.3 Å². The molecule has 0 spiro atoms. The summed E-state index contributed by atoms with van der Waals surface area (Å²) in [5.74, 6) is 0.721. The second kappa shape index (κ2) is 53.7. The second-order valence-electron chi connectivity index (χ2n) is 32.3. The number of ketones is 4. The maximum Gasteiger partial charge on any atom is 0.260 e. The van der Waals surface area contributed by atoms with Gasteiger partial charge in [-0.1, -0.05) is 275 Å². The number of likely N-dealkylation sites (N-methyl/N-ethyl adjacent to an activating group) is 2. The number of fused-ring (bicyclic) bond motifs is 10. The number of nitrogens with zero attached hydrogens (tertiary/aromatic N) is 9. The number of amides is 6. The molecule has 1 N–H and O–H groups in total. The Morgan fingerprint density at radius 3 is 1.50 bits per heavy atom. The molecule has 21 rings (SSSR count). The van der Waals surface area contributed by atoms with Gasteiger partial charge >= 0.3 is 0 Å². The molecule has 9 aliphatic rings. The van der Waals surface area contributed by atoms with Crippen LogP contribution in [0.2, 0.25) is 0 Å². The summed E-state index contributed by atoms with van der Waals surface area (Å²) in [6.45, 7) is 30.5. The summed E-state index contributed by atoms with van der Waals surface area (Å²) in [6, 6.07) is 78.6. The Balaban J connectivity index is 0.000000201. The predicted octanol–water partition coefficient (Wildman–Crippen LogP) is 20.3. The van der Waals surface area contributed by atoms with Gasteiger partial charge in [-0.15, -0.1) is 0 Å². The highest BCUT2D eigenvalue weighted by Gasteiger charge is 2.35. The van der Waals surface area contributed by atoms with Gasteiger partial charge in [-0.05, 0) is 150 Å². The van der Waals surface area contributed by atoms with E-state index in [9.17, 15) is 57.5 Å². The number of hydrogen-bond donors (Lipinski definition) is 1. The van der Waals surface area contributed by atoms with Crippen LogP contribution in [0.1, 0.15) is 214 Å². The number of Topliss-reactive ketones (excluding diaryl/α,β-unsaturated/α-hetero) is 4. The molecule has 22 nitrogen and oxygen atoms in total. The van der Waals surface area contributed by atoms with Gasteiger partial charge < -0.3 is 39.0 Å². The monoisotopic (exact) mass is 1820 g/mol. The van der Waals surface area contributed by atoms with Crippen LogP contribution in [0.4, 0.5) is 11.4 Å². The molecule has 22 heteroatoms. The first kappa shape index (κ1) is 107.